The minimum absolute atomic E-state index is 0.247. The molecule has 0 bridgehead atoms. The molecule has 1 saturated heterocycles. The van der Waals surface area contributed by atoms with Crippen molar-refractivity contribution in [2.24, 2.45) is 5.92 Å². The summed E-state index contributed by atoms with van der Waals surface area (Å²) in [5.74, 6) is 0.610. The van der Waals surface area contributed by atoms with Gasteiger partial charge in [-0.25, -0.2) is 0 Å². The first kappa shape index (κ1) is 14.5. The normalized spacial score (nSPS) is 20.6. The van der Waals surface area contributed by atoms with E-state index in [1.54, 1.807) is 0 Å². The molecule has 0 aromatic rings. The highest BCUT2D eigenvalue weighted by atomic mass is 16.2. The summed E-state index contributed by atoms with van der Waals surface area (Å²) in [4.78, 5) is 14.4. The van der Waals surface area contributed by atoms with E-state index in [1.165, 1.54) is 6.42 Å². The molecule has 1 N–H and O–H groups in total. The molecule has 0 aromatic carbocycles. The van der Waals surface area contributed by atoms with Crippen molar-refractivity contribution >= 4 is 5.91 Å². The number of likely N-dealkylation sites (N-methyl/N-ethyl adjacent to an activating group) is 1. The summed E-state index contributed by atoms with van der Waals surface area (Å²) in [6, 6.07) is 0.410. The van der Waals surface area contributed by atoms with Crippen LogP contribution in [0.4, 0.5) is 0 Å². The summed E-state index contributed by atoms with van der Waals surface area (Å²) in [5, 5.41) is 3.38. The third-order valence-corrected chi connectivity index (χ3v) is 3.79. The number of carbonyl (C=O) groups excluding carboxylic acids is 1. The number of carbonyl (C=O) groups is 1. The first-order chi connectivity index (χ1) is 8.20. The van der Waals surface area contributed by atoms with Gasteiger partial charge in [-0.2, -0.15) is 0 Å². The van der Waals surface area contributed by atoms with Crippen LogP contribution in [0.2, 0.25) is 0 Å². The van der Waals surface area contributed by atoms with Crippen molar-refractivity contribution < 1.29 is 4.79 Å². The van der Waals surface area contributed by atoms with Crippen LogP contribution in [-0.4, -0.2) is 37.0 Å². The molecule has 0 saturated carbocycles. The number of hydrogen-bond donors (Lipinski definition) is 1. The lowest BCUT2D eigenvalue weighted by atomic mass is 9.95. The van der Waals surface area contributed by atoms with E-state index in [0.29, 0.717) is 11.9 Å². The van der Waals surface area contributed by atoms with Crippen molar-refractivity contribution in [3.63, 3.8) is 0 Å². The molecule has 0 aromatic heterocycles. The molecule has 3 nitrogen and oxygen atoms in total. The van der Waals surface area contributed by atoms with Crippen LogP contribution in [0.5, 0.6) is 0 Å². The number of hydrogen-bond acceptors (Lipinski definition) is 2. The predicted molar refractivity (Wildman–Crippen MR) is 72.0 cm³/mol. The molecule has 0 spiro atoms. The van der Waals surface area contributed by atoms with Gasteiger partial charge in [-0.1, -0.05) is 26.7 Å². The van der Waals surface area contributed by atoms with Crippen molar-refractivity contribution in [1.29, 1.82) is 0 Å². The zero-order valence-corrected chi connectivity index (χ0v) is 11.7. The molecule has 1 atom stereocenters. The summed E-state index contributed by atoms with van der Waals surface area (Å²) < 4.78 is 0. The van der Waals surface area contributed by atoms with Gasteiger partial charge in [0.2, 0.25) is 5.91 Å². The Labute approximate surface area is 106 Å². The zero-order valence-electron chi connectivity index (χ0n) is 11.7. The van der Waals surface area contributed by atoms with E-state index in [2.05, 4.69) is 19.2 Å². The smallest absolute Gasteiger partial charge is 0.225 e. The maximum absolute atomic E-state index is 12.4. The molecular weight excluding hydrogens is 212 g/mol. The second-order valence-electron chi connectivity index (χ2n) is 5.22. The fourth-order valence-corrected chi connectivity index (χ4v) is 2.72. The first-order valence-electron chi connectivity index (χ1n) is 7.18. The fraction of sp³-hybridized carbons (Fsp3) is 0.929. The molecule has 100 valence electrons. The number of nitrogens with zero attached hydrogens (tertiary/aromatic N) is 1. The van der Waals surface area contributed by atoms with Gasteiger partial charge in [-0.05, 0) is 32.2 Å². The molecular formula is C14H28N2O. The SMILES string of the molecule is CCCC(CCC)C(=O)N(C)C1CCCNC1. The van der Waals surface area contributed by atoms with Gasteiger partial charge >= 0.3 is 0 Å². The Kier molecular flexibility index (Phi) is 6.56. The van der Waals surface area contributed by atoms with Gasteiger partial charge in [0.15, 0.2) is 0 Å². The molecule has 0 radical (unpaired) electrons. The van der Waals surface area contributed by atoms with Gasteiger partial charge in [0, 0.05) is 25.6 Å². The van der Waals surface area contributed by atoms with Crippen LogP contribution in [0, 0.1) is 5.92 Å². The average molecular weight is 240 g/mol. The predicted octanol–water partition coefficient (Wildman–Crippen LogP) is 2.41. The second kappa shape index (κ2) is 7.70. The maximum Gasteiger partial charge on any atom is 0.225 e. The molecule has 3 heteroatoms. The van der Waals surface area contributed by atoms with Crippen LogP contribution in [0.15, 0.2) is 0 Å². The molecule has 0 aliphatic carbocycles. The van der Waals surface area contributed by atoms with E-state index in [0.717, 1.165) is 45.2 Å². The number of nitrogens with one attached hydrogen (secondary N) is 1. The maximum atomic E-state index is 12.4. The highest BCUT2D eigenvalue weighted by Gasteiger charge is 2.26. The van der Waals surface area contributed by atoms with Gasteiger partial charge < -0.3 is 10.2 Å². The van der Waals surface area contributed by atoms with E-state index in [4.69, 9.17) is 0 Å². The van der Waals surface area contributed by atoms with E-state index in [9.17, 15) is 4.79 Å². The van der Waals surface area contributed by atoms with E-state index < -0.39 is 0 Å². The molecule has 1 amide bonds. The summed E-state index contributed by atoms with van der Waals surface area (Å²) in [5.41, 5.74) is 0. The molecule has 1 aliphatic rings. The summed E-state index contributed by atoms with van der Waals surface area (Å²) in [6.07, 6.45) is 6.63. The largest absolute Gasteiger partial charge is 0.341 e. The lowest BCUT2D eigenvalue weighted by Gasteiger charge is -2.34. The van der Waals surface area contributed by atoms with Gasteiger partial charge in [0.1, 0.15) is 0 Å². The summed E-state index contributed by atoms with van der Waals surface area (Å²) in [6.45, 7) is 6.40. The third-order valence-electron chi connectivity index (χ3n) is 3.79. The van der Waals surface area contributed by atoms with Crippen LogP contribution in [0.1, 0.15) is 52.4 Å². The van der Waals surface area contributed by atoms with Gasteiger partial charge in [0.05, 0.1) is 0 Å². The highest BCUT2D eigenvalue weighted by molar-refractivity contribution is 5.78. The Hall–Kier alpha value is -0.570. The van der Waals surface area contributed by atoms with Crippen LogP contribution in [0.25, 0.3) is 0 Å². The van der Waals surface area contributed by atoms with Crippen molar-refractivity contribution in [2.45, 2.75) is 58.4 Å². The number of piperidine rings is 1. The van der Waals surface area contributed by atoms with Crippen molar-refractivity contribution in [3.05, 3.63) is 0 Å². The summed E-state index contributed by atoms with van der Waals surface area (Å²) >= 11 is 0. The van der Waals surface area contributed by atoms with E-state index >= 15 is 0 Å². The van der Waals surface area contributed by atoms with E-state index in [1.807, 2.05) is 11.9 Å². The Balaban J connectivity index is 2.51. The van der Waals surface area contributed by atoms with Gasteiger partial charge in [-0.15, -0.1) is 0 Å². The highest BCUT2D eigenvalue weighted by Crippen LogP contribution is 2.19. The molecule has 1 aliphatic heterocycles. The molecule has 1 unspecified atom stereocenters. The fourth-order valence-electron chi connectivity index (χ4n) is 2.72. The Morgan fingerprint density at radius 3 is 2.47 bits per heavy atom. The Morgan fingerprint density at radius 2 is 2.00 bits per heavy atom. The van der Waals surface area contributed by atoms with Crippen LogP contribution >= 0.6 is 0 Å². The first-order valence-corrected chi connectivity index (χ1v) is 7.18. The quantitative estimate of drug-likeness (QED) is 0.773. The average Bonchev–Trinajstić information content (AvgIpc) is 2.38. The van der Waals surface area contributed by atoms with Crippen LogP contribution in [-0.2, 0) is 4.79 Å². The molecule has 1 fully saturated rings. The number of rotatable bonds is 6. The minimum atomic E-state index is 0.247. The Morgan fingerprint density at radius 1 is 1.35 bits per heavy atom. The number of amides is 1. The van der Waals surface area contributed by atoms with E-state index in [-0.39, 0.29) is 5.92 Å². The molecule has 1 heterocycles. The van der Waals surface area contributed by atoms with Gasteiger partial charge in [0.25, 0.3) is 0 Å². The monoisotopic (exact) mass is 240 g/mol. The topological polar surface area (TPSA) is 32.3 Å². The van der Waals surface area contributed by atoms with Crippen LogP contribution < -0.4 is 5.32 Å². The molecule has 1 rings (SSSR count). The van der Waals surface area contributed by atoms with Crippen molar-refractivity contribution in [2.75, 3.05) is 20.1 Å². The summed E-state index contributed by atoms with van der Waals surface area (Å²) in [7, 11) is 1.98. The van der Waals surface area contributed by atoms with Crippen LogP contribution in [0.3, 0.4) is 0 Å². The lowest BCUT2D eigenvalue weighted by molar-refractivity contribution is -0.137. The standard InChI is InChI=1S/C14H28N2O/c1-4-7-12(8-5-2)14(17)16(3)13-9-6-10-15-11-13/h12-13,15H,4-11H2,1-3H3. The lowest BCUT2D eigenvalue weighted by Crippen LogP contribution is -2.48. The van der Waals surface area contributed by atoms with Crippen molar-refractivity contribution in [3.8, 4) is 0 Å². The molecule has 17 heavy (non-hydrogen) atoms. The second-order valence-corrected chi connectivity index (χ2v) is 5.22. The Bertz CT molecular complexity index is 218. The third kappa shape index (κ3) is 4.30. The van der Waals surface area contributed by atoms with Crippen molar-refractivity contribution in [1.82, 2.24) is 10.2 Å². The zero-order chi connectivity index (χ0) is 12.7. The minimum Gasteiger partial charge on any atom is -0.341 e. The van der Waals surface area contributed by atoms with Gasteiger partial charge in [-0.3, -0.25) is 4.79 Å².